The molecule has 2 aliphatic heterocycles. The van der Waals surface area contributed by atoms with Gasteiger partial charge in [0.15, 0.2) is 0 Å². The number of hydrogen-bond acceptors (Lipinski definition) is 2. The highest BCUT2D eigenvalue weighted by Crippen LogP contribution is 2.38. The van der Waals surface area contributed by atoms with Crippen LogP contribution in [0.5, 0.6) is 0 Å². The van der Waals surface area contributed by atoms with E-state index < -0.39 is 0 Å². The number of nitrogens with zero attached hydrogens (tertiary/aromatic N) is 1. The van der Waals surface area contributed by atoms with Gasteiger partial charge in [-0.15, -0.1) is 0 Å². The van der Waals surface area contributed by atoms with E-state index in [1.807, 2.05) is 0 Å². The molecule has 2 nitrogen and oxygen atoms in total. The summed E-state index contributed by atoms with van der Waals surface area (Å²) in [6.45, 7) is 5.36. The molecule has 0 spiro atoms. The van der Waals surface area contributed by atoms with Gasteiger partial charge in [0.25, 0.3) is 0 Å². The molecule has 0 aromatic carbocycles. The van der Waals surface area contributed by atoms with Crippen LogP contribution in [0.2, 0.25) is 0 Å². The quantitative estimate of drug-likeness (QED) is 0.680. The van der Waals surface area contributed by atoms with E-state index in [0.717, 1.165) is 17.9 Å². The van der Waals surface area contributed by atoms with Crippen molar-refractivity contribution in [2.75, 3.05) is 26.2 Å². The summed E-state index contributed by atoms with van der Waals surface area (Å²) in [5, 5.41) is 3.57. The maximum absolute atomic E-state index is 3.57. The molecule has 0 radical (unpaired) electrons. The van der Waals surface area contributed by atoms with E-state index in [1.165, 1.54) is 58.3 Å². The number of likely N-dealkylation sites (tertiary alicyclic amines) is 1. The first-order chi connectivity index (χ1) is 6.95. The zero-order valence-corrected chi connectivity index (χ0v) is 9.04. The van der Waals surface area contributed by atoms with Crippen molar-refractivity contribution in [1.29, 1.82) is 0 Å². The Morgan fingerprint density at radius 1 is 0.929 bits per heavy atom. The molecule has 2 heterocycles. The number of nitrogens with one attached hydrogen (secondary N) is 1. The Kier molecular flexibility index (Phi) is 2.50. The summed E-state index contributed by atoms with van der Waals surface area (Å²) in [7, 11) is 0. The Balaban J connectivity index is 1.66. The molecule has 3 fully saturated rings. The second-order valence-electron chi connectivity index (χ2n) is 5.32. The molecular weight excluding hydrogens is 172 g/mol. The molecule has 3 rings (SSSR count). The van der Waals surface area contributed by atoms with Crippen molar-refractivity contribution in [2.24, 2.45) is 11.8 Å². The molecule has 3 atom stereocenters. The van der Waals surface area contributed by atoms with Gasteiger partial charge < -0.3 is 10.2 Å². The summed E-state index contributed by atoms with van der Waals surface area (Å²) >= 11 is 0. The van der Waals surface area contributed by atoms with E-state index in [2.05, 4.69) is 10.2 Å². The SMILES string of the molecule is C1CCN([C@@H]2CC[C@H]3CNC[C@@H]32)CC1. The van der Waals surface area contributed by atoms with E-state index >= 15 is 0 Å². The second kappa shape index (κ2) is 3.82. The first-order valence-electron chi connectivity index (χ1n) is 6.40. The molecule has 3 aliphatic rings. The summed E-state index contributed by atoms with van der Waals surface area (Å²) in [4.78, 5) is 2.79. The molecule has 0 aromatic heterocycles. The predicted molar refractivity (Wildman–Crippen MR) is 58.3 cm³/mol. The van der Waals surface area contributed by atoms with Crippen molar-refractivity contribution in [3.05, 3.63) is 0 Å². The first kappa shape index (κ1) is 9.17. The van der Waals surface area contributed by atoms with Crippen molar-refractivity contribution in [3.63, 3.8) is 0 Å². The maximum Gasteiger partial charge on any atom is 0.0139 e. The lowest BCUT2D eigenvalue weighted by atomic mass is 9.95. The van der Waals surface area contributed by atoms with Crippen LogP contribution in [0.3, 0.4) is 0 Å². The molecule has 1 N–H and O–H groups in total. The molecule has 80 valence electrons. The molecule has 1 aliphatic carbocycles. The van der Waals surface area contributed by atoms with Gasteiger partial charge in [-0.3, -0.25) is 0 Å². The lowest BCUT2D eigenvalue weighted by molar-refractivity contribution is 0.132. The Labute approximate surface area is 87.0 Å². The van der Waals surface area contributed by atoms with Crippen LogP contribution in [0.4, 0.5) is 0 Å². The molecule has 2 heteroatoms. The maximum atomic E-state index is 3.57. The fraction of sp³-hybridized carbons (Fsp3) is 1.00. The van der Waals surface area contributed by atoms with Crippen molar-refractivity contribution < 1.29 is 0 Å². The molecule has 0 unspecified atom stereocenters. The van der Waals surface area contributed by atoms with Crippen LogP contribution in [0.15, 0.2) is 0 Å². The highest BCUT2D eigenvalue weighted by molar-refractivity contribution is 4.97. The molecule has 2 saturated heterocycles. The highest BCUT2D eigenvalue weighted by atomic mass is 15.2. The Morgan fingerprint density at radius 3 is 2.64 bits per heavy atom. The van der Waals surface area contributed by atoms with Crippen LogP contribution in [0.1, 0.15) is 32.1 Å². The fourth-order valence-corrected chi connectivity index (χ4v) is 3.82. The summed E-state index contributed by atoms with van der Waals surface area (Å²) < 4.78 is 0. The van der Waals surface area contributed by atoms with E-state index in [1.54, 1.807) is 0 Å². The van der Waals surface area contributed by atoms with E-state index in [4.69, 9.17) is 0 Å². The second-order valence-corrected chi connectivity index (χ2v) is 5.32. The van der Waals surface area contributed by atoms with Crippen LogP contribution in [0, 0.1) is 11.8 Å². The van der Waals surface area contributed by atoms with E-state index in [9.17, 15) is 0 Å². The highest BCUT2D eigenvalue weighted by Gasteiger charge is 2.41. The lowest BCUT2D eigenvalue weighted by Crippen LogP contribution is -2.42. The topological polar surface area (TPSA) is 15.3 Å². The van der Waals surface area contributed by atoms with Gasteiger partial charge in [-0.1, -0.05) is 6.42 Å². The van der Waals surface area contributed by atoms with Crippen molar-refractivity contribution in [1.82, 2.24) is 10.2 Å². The van der Waals surface area contributed by atoms with Crippen LogP contribution in [-0.2, 0) is 0 Å². The Bertz CT molecular complexity index is 198. The average molecular weight is 194 g/mol. The third kappa shape index (κ3) is 1.49. The summed E-state index contributed by atoms with van der Waals surface area (Å²) in [6, 6.07) is 0.940. The smallest absolute Gasteiger partial charge is 0.0139 e. The van der Waals surface area contributed by atoms with E-state index in [0.29, 0.717) is 0 Å². The molecule has 1 saturated carbocycles. The van der Waals surface area contributed by atoms with Gasteiger partial charge in [0, 0.05) is 6.04 Å². The van der Waals surface area contributed by atoms with Crippen molar-refractivity contribution in [2.45, 2.75) is 38.1 Å². The molecule has 0 aromatic rings. The molecule has 0 bridgehead atoms. The summed E-state index contributed by atoms with van der Waals surface area (Å²) in [5.74, 6) is 2.01. The largest absolute Gasteiger partial charge is 0.316 e. The number of fused-ring (bicyclic) bond motifs is 1. The number of hydrogen-bond donors (Lipinski definition) is 1. The zero-order chi connectivity index (χ0) is 9.38. The zero-order valence-electron chi connectivity index (χ0n) is 9.04. The minimum absolute atomic E-state index is 0.940. The standard InChI is InChI=1S/C12H22N2/c1-2-6-14(7-3-1)12-5-4-10-8-13-9-11(10)12/h10-13H,1-9H2/t10-,11-,12+/m0/s1. The van der Waals surface area contributed by atoms with Gasteiger partial charge in [0.05, 0.1) is 0 Å². The van der Waals surface area contributed by atoms with Gasteiger partial charge >= 0.3 is 0 Å². The van der Waals surface area contributed by atoms with Crippen LogP contribution < -0.4 is 5.32 Å². The van der Waals surface area contributed by atoms with Gasteiger partial charge in [0.2, 0.25) is 0 Å². The average Bonchev–Trinajstić information content (AvgIpc) is 2.79. The van der Waals surface area contributed by atoms with Gasteiger partial charge in [-0.25, -0.2) is 0 Å². The van der Waals surface area contributed by atoms with Crippen LogP contribution in [0.25, 0.3) is 0 Å². The monoisotopic (exact) mass is 194 g/mol. The first-order valence-corrected chi connectivity index (χ1v) is 6.40. The molecule has 0 amide bonds. The third-order valence-electron chi connectivity index (χ3n) is 4.58. The number of rotatable bonds is 1. The van der Waals surface area contributed by atoms with Crippen molar-refractivity contribution in [3.8, 4) is 0 Å². The van der Waals surface area contributed by atoms with Gasteiger partial charge in [-0.05, 0) is 63.7 Å². The minimum atomic E-state index is 0.940. The van der Waals surface area contributed by atoms with Crippen molar-refractivity contribution >= 4 is 0 Å². The Hall–Kier alpha value is -0.0800. The lowest BCUT2D eigenvalue weighted by Gasteiger charge is -2.35. The summed E-state index contributed by atoms with van der Waals surface area (Å²) in [5.41, 5.74) is 0. The molecule has 14 heavy (non-hydrogen) atoms. The third-order valence-corrected chi connectivity index (χ3v) is 4.58. The van der Waals surface area contributed by atoms with E-state index in [-0.39, 0.29) is 0 Å². The summed E-state index contributed by atoms with van der Waals surface area (Å²) in [6.07, 6.45) is 7.33. The van der Waals surface area contributed by atoms with Crippen LogP contribution >= 0.6 is 0 Å². The fourth-order valence-electron chi connectivity index (χ4n) is 3.82. The van der Waals surface area contributed by atoms with Gasteiger partial charge in [-0.2, -0.15) is 0 Å². The normalized spacial score (nSPS) is 44.1. The Morgan fingerprint density at radius 2 is 1.79 bits per heavy atom. The van der Waals surface area contributed by atoms with Crippen LogP contribution in [-0.4, -0.2) is 37.1 Å². The minimum Gasteiger partial charge on any atom is -0.316 e. The van der Waals surface area contributed by atoms with Gasteiger partial charge in [0.1, 0.15) is 0 Å². The predicted octanol–water partition coefficient (Wildman–Crippen LogP) is 1.47. The molecular formula is C12H22N2. The number of piperidine rings is 1.